The summed E-state index contributed by atoms with van der Waals surface area (Å²) in [5, 5.41) is 2.74. The molecule has 3 rings (SSSR count). The average Bonchev–Trinajstić information content (AvgIpc) is 3.02. The molecule has 0 spiro atoms. The second-order valence-electron chi connectivity index (χ2n) is 6.08. The van der Waals surface area contributed by atoms with Gasteiger partial charge in [-0.05, 0) is 17.2 Å². The van der Waals surface area contributed by atoms with Crippen LogP contribution in [0.25, 0.3) is 11.1 Å². The first-order chi connectivity index (χ1) is 12.4. The van der Waals surface area contributed by atoms with Crippen LogP contribution in [0.15, 0.2) is 55.1 Å². The molecule has 136 valence electrons. The third kappa shape index (κ3) is 3.74. The summed E-state index contributed by atoms with van der Waals surface area (Å²) in [6.07, 6.45) is -2.50. The van der Waals surface area contributed by atoms with Gasteiger partial charge in [-0.15, -0.1) is 6.58 Å². The maximum Gasteiger partial charge on any atom is 0.417 e. The summed E-state index contributed by atoms with van der Waals surface area (Å²) in [6, 6.07) is 10.6. The molecule has 0 radical (unpaired) electrons. The first kappa shape index (κ1) is 18.0. The molecule has 6 heteroatoms. The molecule has 1 atom stereocenters. The minimum absolute atomic E-state index is 0.0909. The molecule has 2 aromatic carbocycles. The Morgan fingerprint density at radius 3 is 2.65 bits per heavy atom. The lowest BCUT2D eigenvalue weighted by atomic mass is 9.96. The van der Waals surface area contributed by atoms with Crippen molar-refractivity contribution in [2.24, 2.45) is 0 Å². The normalized spacial score (nSPS) is 15.9. The number of carbonyl (C=O) groups is 1. The van der Waals surface area contributed by atoms with E-state index in [-0.39, 0.29) is 24.0 Å². The standard InChI is InChI=1S/C20H18F3NO2/c1-2-6-18(25)24-12-14-11-13-7-5-9-16(19(13)26-14)15-8-3-4-10-17(15)20(21,22)23/h2-5,7-10,14H,1,6,11-12H2,(H,24,25). The number of benzene rings is 2. The zero-order chi connectivity index (χ0) is 18.7. The van der Waals surface area contributed by atoms with Crippen LogP contribution in [0, 0.1) is 0 Å². The zero-order valence-corrected chi connectivity index (χ0v) is 14.0. The highest BCUT2D eigenvalue weighted by Crippen LogP contribution is 2.43. The molecule has 1 aliphatic rings. The molecular weight excluding hydrogens is 343 g/mol. The SMILES string of the molecule is C=CCC(=O)NCC1Cc2cccc(-c3ccccc3C(F)(F)F)c2O1. The van der Waals surface area contributed by atoms with Crippen LogP contribution in [0.5, 0.6) is 5.75 Å². The minimum Gasteiger partial charge on any atom is -0.487 e. The lowest BCUT2D eigenvalue weighted by Crippen LogP contribution is -2.34. The van der Waals surface area contributed by atoms with Crippen LogP contribution in [0.4, 0.5) is 13.2 Å². The number of para-hydroxylation sites is 1. The molecule has 0 aromatic heterocycles. The van der Waals surface area contributed by atoms with E-state index in [4.69, 9.17) is 4.74 Å². The first-order valence-electron chi connectivity index (χ1n) is 8.23. The quantitative estimate of drug-likeness (QED) is 0.803. The van der Waals surface area contributed by atoms with Crippen LogP contribution in [-0.2, 0) is 17.4 Å². The van der Waals surface area contributed by atoms with Gasteiger partial charge >= 0.3 is 6.18 Å². The van der Waals surface area contributed by atoms with Crippen LogP contribution in [0.2, 0.25) is 0 Å². The second-order valence-corrected chi connectivity index (χ2v) is 6.08. The molecule has 1 aliphatic heterocycles. The third-order valence-electron chi connectivity index (χ3n) is 4.21. The number of amides is 1. The van der Waals surface area contributed by atoms with Crippen molar-refractivity contribution in [3.05, 3.63) is 66.2 Å². The number of alkyl halides is 3. The summed E-state index contributed by atoms with van der Waals surface area (Å²) in [6.45, 7) is 3.80. The molecule has 2 aromatic rings. The Hall–Kier alpha value is -2.76. The van der Waals surface area contributed by atoms with E-state index >= 15 is 0 Å². The number of carbonyl (C=O) groups excluding carboxylic acids is 1. The topological polar surface area (TPSA) is 38.3 Å². The monoisotopic (exact) mass is 361 g/mol. The first-order valence-corrected chi connectivity index (χ1v) is 8.23. The van der Waals surface area contributed by atoms with E-state index in [1.54, 1.807) is 18.2 Å². The molecule has 1 unspecified atom stereocenters. The maximum absolute atomic E-state index is 13.3. The number of hydrogen-bond acceptors (Lipinski definition) is 2. The van der Waals surface area contributed by atoms with Gasteiger partial charge in [0.2, 0.25) is 5.91 Å². The number of fused-ring (bicyclic) bond motifs is 1. The van der Waals surface area contributed by atoms with Gasteiger partial charge in [0.1, 0.15) is 11.9 Å². The van der Waals surface area contributed by atoms with Crippen LogP contribution in [0.1, 0.15) is 17.5 Å². The van der Waals surface area contributed by atoms with Gasteiger partial charge in [0.05, 0.1) is 12.1 Å². The fourth-order valence-corrected chi connectivity index (χ4v) is 3.06. The van der Waals surface area contributed by atoms with E-state index in [2.05, 4.69) is 11.9 Å². The van der Waals surface area contributed by atoms with Gasteiger partial charge in [-0.1, -0.05) is 42.5 Å². The van der Waals surface area contributed by atoms with Crippen molar-refractivity contribution in [1.29, 1.82) is 0 Å². The summed E-state index contributed by atoms with van der Waals surface area (Å²) in [4.78, 5) is 11.6. The molecule has 0 saturated carbocycles. The lowest BCUT2D eigenvalue weighted by molar-refractivity contribution is -0.137. The third-order valence-corrected chi connectivity index (χ3v) is 4.21. The second kappa shape index (κ2) is 7.23. The molecule has 1 amide bonds. The Kier molecular flexibility index (Phi) is 5.02. The van der Waals surface area contributed by atoms with E-state index in [0.717, 1.165) is 11.6 Å². The molecule has 3 nitrogen and oxygen atoms in total. The van der Waals surface area contributed by atoms with Crippen molar-refractivity contribution < 1.29 is 22.7 Å². The zero-order valence-electron chi connectivity index (χ0n) is 14.0. The summed E-state index contributed by atoms with van der Waals surface area (Å²) in [5.41, 5.74) is 0.644. The Labute approximate surface area is 149 Å². The number of hydrogen-bond donors (Lipinski definition) is 1. The number of nitrogens with one attached hydrogen (secondary N) is 1. The predicted molar refractivity (Wildman–Crippen MR) is 92.8 cm³/mol. The predicted octanol–water partition coefficient (Wildman–Crippen LogP) is 4.37. The maximum atomic E-state index is 13.3. The molecule has 26 heavy (non-hydrogen) atoms. The van der Waals surface area contributed by atoms with Crippen molar-refractivity contribution >= 4 is 5.91 Å². The molecule has 0 fully saturated rings. The lowest BCUT2D eigenvalue weighted by Gasteiger charge is -2.16. The fourth-order valence-electron chi connectivity index (χ4n) is 3.06. The Morgan fingerprint density at radius 2 is 1.92 bits per heavy atom. The van der Waals surface area contributed by atoms with E-state index in [1.165, 1.54) is 18.2 Å². The van der Waals surface area contributed by atoms with E-state index in [1.807, 2.05) is 6.07 Å². The van der Waals surface area contributed by atoms with Crippen LogP contribution in [0.3, 0.4) is 0 Å². The summed E-state index contributed by atoms with van der Waals surface area (Å²) in [5.74, 6) is 0.286. The van der Waals surface area contributed by atoms with Crippen molar-refractivity contribution in [3.63, 3.8) is 0 Å². The van der Waals surface area contributed by atoms with Crippen molar-refractivity contribution in [2.75, 3.05) is 6.54 Å². The highest BCUT2D eigenvalue weighted by Gasteiger charge is 2.35. The van der Waals surface area contributed by atoms with Gasteiger partial charge in [-0.25, -0.2) is 0 Å². The van der Waals surface area contributed by atoms with Gasteiger partial charge in [-0.2, -0.15) is 13.2 Å². The molecule has 1 N–H and O–H groups in total. The largest absolute Gasteiger partial charge is 0.487 e. The van der Waals surface area contributed by atoms with Gasteiger partial charge in [0.15, 0.2) is 0 Å². The molecular formula is C20H18F3NO2. The van der Waals surface area contributed by atoms with Crippen molar-refractivity contribution in [2.45, 2.75) is 25.1 Å². The van der Waals surface area contributed by atoms with E-state index in [9.17, 15) is 18.0 Å². The highest BCUT2D eigenvalue weighted by atomic mass is 19.4. The van der Waals surface area contributed by atoms with E-state index in [0.29, 0.717) is 24.3 Å². The van der Waals surface area contributed by atoms with Crippen molar-refractivity contribution in [3.8, 4) is 16.9 Å². The van der Waals surface area contributed by atoms with Gasteiger partial charge in [-0.3, -0.25) is 4.79 Å². The Balaban J connectivity index is 1.87. The highest BCUT2D eigenvalue weighted by molar-refractivity contribution is 5.78. The molecule has 1 heterocycles. The van der Waals surface area contributed by atoms with Gasteiger partial charge in [0, 0.05) is 18.4 Å². The summed E-state index contributed by atoms with van der Waals surface area (Å²) < 4.78 is 45.9. The summed E-state index contributed by atoms with van der Waals surface area (Å²) in [7, 11) is 0. The van der Waals surface area contributed by atoms with Crippen LogP contribution >= 0.6 is 0 Å². The number of ether oxygens (including phenoxy) is 1. The minimum atomic E-state index is -4.45. The van der Waals surface area contributed by atoms with Gasteiger partial charge < -0.3 is 10.1 Å². The average molecular weight is 361 g/mol. The van der Waals surface area contributed by atoms with E-state index < -0.39 is 11.7 Å². The fraction of sp³-hybridized carbons (Fsp3) is 0.250. The Morgan fingerprint density at radius 1 is 1.19 bits per heavy atom. The number of rotatable bonds is 5. The summed E-state index contributed by atoms with van der Waals surface area (Å²) >= 11 is 0. The van der Waals surface area contributed by atoms with Gasteiger partial charge in [0.25, 0.3) is 0 Å². The van der Waals surface area contributed by atoms with Crippen LogP contribution < -0.4 is 10.1 Å². The van der Waals surface area contributed by atoms with Crippen LogP contribution in [-0.4, -0.2) is 18.6 Å². The molecule has 0 aliphatic carbocycles. The Bertz CT molecular complexity index is 830. The smallest absolute Gasteiger partial charge is 0.417 e. The number of halogens is 3. The molecule has 0 bridgehead atoms. The van der Waals surface area contributed by atoms with Crippen molar-refractivity contribution in [1.82, 2.24) is 5.32 Å². The molecule has 0 saturated heterocycles.